The summed E-state index contributed by atoms with van der Waals surface area (Å²) in [7, 11) is 0. The van der Waals surface area contributed by atoms with E-state index in [0.29, 0.717) is 0 Å². The average Bonchev–Trinajstić information content (AvgIpc) is 2.13. The summed E-state index contributed by atoms with van der Waals surface area (Å²) in [4.78, 5) is 3.36. The van der Waals surface area contributed by atoms with E-state index < -0.39 is 18.8 Å². The zero-order valence-electron chi connectivity index (χ0n) is 6.93. The molecule has 1 fully saturated rings. The molecule has 0 unspecified atom stereocenters. The minimum Gasteiger partial charge on any atom is -0.229 e. The van der Waals surface area contributed by atoms with Gasteiger partial charge in [0, 0.05) is 5.48 Å². The summed E-state index contributed by atoms with van der Waals surface area (Å²) < 4.78 is 28.1. The minimum atomic E-state index is -1.85. The number of hydrogen-bond acceptors (Lipinski definition) is 2. The Kier molecular flexibility index (Phi) is 0.348. The van der Waals surface area contributed by atoms with E-state index in [2.05, 4.69) is 17.2 Å². The molecule has 1 aliphatic rings. The topological polar surface area (TPSA) is 12.4 Å². The molecule has 0 atom stereocenters. The van der Waals surface area contributed by atoms with Crippen LogP contribution in [0.3, 0.4) is 0 Å². The van der Waals surface area contributed by atoms with Crippen LogP contribution in [0.1, 0.15) is 18.2 Å². The summed E-state index contributed by atoms with van der Waals surface area (Å²) in [5.41, 5.74) is 0. The number of nitrogens with zero attached hydrogens (tertiary/aromatic N) is 1. The Morgan fingerprint density at radius 3 is 2.83 bits per heavy atom. The maximum atomic E-state index is 7.02. The standard InChI is InChI=1S/C4H5NS/c6-3-5-4-1-2-4/h4H,1-2H2/i1D2,2D2. The van der Waals surface area contributed by atoms with Gasteiger partial charge in [-0.1, -0.05) is 0 Å². The molecule has 32 valence electrons. The summed E-state index contributed by atoms with van der Waals surface area (Å²) in [6.07, 6.45) is -3.70. The van der Waals surface area contributed by atoms with E-state index in [1.807, 2.05) is 5.16 Å². The van der Waals surface area contributed by atoms with Crippen LogP contribution in [-0.2, 0) is 0 Å². The first-order chi connectivity index (χ1) is 4.44. The van der Waals surface area contributed by atoms with E-state index in [-0.39, 0.29) is 0 Å². The van der Waals surface area contributed by atoms with E-state index in [1.165, 1.54) is 0 Å². The van der Waals surface area contributed by atoms with Crippen molar-refractivity contribution >= 4 is 17.4 Å². The van der Waals surface area contributed by atoms with Crippen LogP contribution in [0, 0.1) is 0 Å². The zero-order chi connectivity index (χ0) is 7.99. The fourth-order valence-electron chi connectivity index (χ4n) is 0.155. The monoisotopic (exact) mass is 103 g/mol. The Bertz CT molecular complexity index is 193. The predicted octanol–water partition coefficient (Wildman–Crippen LogP) is 1.25. The van der Waals surface area contributed by atoms with E-state index in [9.17, 15) is 0 Å². The molecule has 0 amide bonds. The molecule has 0 aromatic heterocycles. The van der Waals surface area contributed by atoms with Crippen molar-refractivity contribution in [2.75, 3.05) is 0 Å². The van der Waals surface area contributed by atoms with Crippen LogP contribution in [0.2, 0.25) is 0 Å². The molecular weight excluding hydrogens is 94.1 g/mol. The minimum absolute atomic E-state index is 0.947. The molecule has 1 aliphatic carbocycles. The predicted molar refractivity (Wildman–Crippen MR) is 28.0 cm³/mol. The van der Waals surface area contributed by atoms with Gasteiger partial charge in [0.2, 0.25) is 0 Å². The first-order valence-electron chi connectivity index (χ1n) is 3.51. The molecule has 0 aromatic rings. The molecule has 0 heterocycles. The first kappa shape index (κ1) is 1.39. The van der Waals surface area contributed by atoms with Gasteiger partial charge in [-0.05, 0) is 25.0 Å². The highest BCUT2D eigenvalue weighted by Gasteiger charge is 2.18. The van der Waals surface area contributed by atoms with E-state index in [1.54, 1.807) is 0 Å². The number of aliphatic imine (C=N–C) groups is 1. The normalized spacial score (nSPS) is 46.0. The molecule has 0 saturated heterocycles. The van der Waals surface area contributed by atoms with Crippen molar-refractivity contribution in [3.05, 3.63) is 0 Å². The molecule has 2 heteroatoms. The number of hydrogen-bond donors (Lipinski definition) is 0. The quantitative estimate of drug-likeness (QED) is 0.359. The van der Waals surface area contributed by atoms with E-state index in [0.717, 1.165) is 0 Å². The van der Waals surface area contributed by atoms with Crippen LogP contribution in [-0.4, -0.2) is 11.2 Å². The molecule has 1 nitrogen and oxygen atoms in total. The van der Waals surface area contributed by atoms with Crippen LogP contribution in [0.25, 0.3) is 0 Å². The third kappa shape index (κ3) is 0.886. The fourth-order valence-corrected chi connectivity index (χ4v) is 0.260. The van der Waals surface area contributed by atoms with Crippen molar-refractivity contribution < 1.29 is 5.48 Å². The Labute approximate surface area is 47.7 Å². The van der Waals surface area contributed by atoms with Gasteiger partial charge in [-0.15, -0.1) is 0 Å². The average molecular weight is 103 g/mol. The maximum absolute atomic E-state index is 7.02. The highest BCUT2D eigenvalue weighted by atomic mass is 32.1. The summed E-state index contributed by atoms with van der Waals surface area (Å²) in [5.74, 6) is 0. The lowest BCUT2D eigenvalue weighted by Gasteiger charge is -1.65. The van der Waals surface area contributed by atoms with Gasteiger partial charge >= 0.3 is 0 Å². The van der Waals surface area contributed by atoms with Crippen LogP contribution in [0.15, 0.2) is 4.99 Å². The lowest BCUT2D eigenvalue weighted by Crippen LogP contribution is -1.64. The van der Waals surface area contributed by atoms with Crippen molar-refractivity contribution in [2.24, 2.45) is 4.99 Å². The van der Waals surface area contributed by atoms with Gasteiger partial charge in [-0.3, -0.25) is 0 Å². The second-order valence-electron chi connectivity index (χ2n) is 0.912. The van der Waals surface area contributed by atoms with E-state index >= 15 is 0 Å². The van der Waals surface area contributed by atoms with Crippen LogP contribution < -0.4 is 0 Å². The van der Waals surface area contributed by atoms with E-state index in [4.69, 9.17) is 5.48 Å². The first-order valence-corrected chi connectivity index (χ1v) is 1.92. The lowest BCUT2D eigenvalue weighted by atomic mass is 10.8. The Hall–Kier alpha value is -0.200. The smallest absolute Gasteiger partial charge is 0.0604 e. The fraction of sp³-hybridized carbons (Fsp3) is 0.750. The molecule has 1 rings (SSSR count). The molecule has 1 saturated carbocycles. The van der Waals surface area contributed by atoms with Gasteiger partial charge in [0.05, 0.1) is 11.2 Å². The van der Waals surface area contributed by atoms with Gasteiger partial charge in [0.15, 0.2) is 0 Å². The molecule has 0 radical (unpaired) electrons. The largest absolute Gasteiger partial charge is 0.229 e. The molecule has 0 aliphatic heterocycles. The zero-order valence-corrected chi connectivity index (χ0v) is 3.75. The van der Waals surface area contributed by atoms with Gasteiger partial charge in [-0.2, -0.15) is 0 Å². The third-order valence-corrected chi connectivity index (χ3v) is 0.561. The van der Waals surface area contributed by atoms with Crippen LogP contribution in [0.4, 0.5) is 0 Å². The highest BCUT2D eigenvalue weighted by Crippen LogP contribution is 2.22. The van der Waals surface area contributed by atoms with Crippen molar-refractivity contribution in [3.8, 4) is 0 Å². The number of thiocarbonyl (C=S) groups is 1. The Morgan fingerprint density at radius 1 is 2.00 bits per heavy atom. The van der Waals surface area contributed by atoms with Crippen molar-refractivity contribution in [1.29, 1.82) is 0 Å². The summed E-state index contributed by atoms with van der Waals surface area (Å²) in [6, 6.07) is -0.947. The van der Waals surface area contributed by atoms with Crippen molar-refractivity contribution in [3.63, 3.8) is 0 Å². The Morgan fingerprint density at radius 2 is 2.67 bits per heavy atom. The number of rotatable bonds is 1. The maximum Gasteiger partial charge on any atom is 0.0604 e. The molecule has 0 spiro atoms. The number of isothiocyanates is 1. The summed E-state index contributed by atoms with van der Waals surface area (Å²) in [6.45, 7) is 0. The molecular formula is C4H5NS. The van der Waals surface area contributed by atoms with Crippen molar-refractivity contribution in [1.82, 2.24) is 0 Å². The van der Waals surface area contributed by atoms with Crippen LogP contribution >= 0.6 is 12.2 Å². The molecule has 6 heavy (non-hydrogen) atoms. The summed E-state index contributed by atoms with van der Waals surface area (Å²) >= 11 is 4.22. The third-order valence-electron chi connectivity index (χ3n) is 0.455. The van der Waals surface area contributed by atoms with Gasteiger partial charge in [0.25, 0.3) is 0 Å². The lowest BCUT2D eigenvalue weighted by molar-refractivity contribution is 1.08. The second-order valence-corrected chi connectivity index (χ2v) is 1.09. The molecule has 0 aromatic carbocycles. The van der Waals surface area contributed by atoms with Gasteiger partial charge < -0.3 is 0 Å². The Balaban J connectivity index is 2.81. The highest BCUT2D eigenvalue weighted by molar-refractivity contribution is 7.78. The molecule has 0 N–H and O–H groups in total. The van der Waals surface area contributed by atoms with Crippen LogP contribution in [0.5, 0.6) is 0 Å². The van der Waals surface area contributed by atoms with Gasteiger partial charge in [0.1, 0.15) is 0 Å². The SMILES string of the molecule is [2H]C1([2H])C(N=C=S)C1([2H])[2H]. The summed E-state index contributed by atoms with van der Waals surface area (Å²) in [5, 5.41) is 1.97. The van der Waals surface area contributed by atoms with Gasteiger partial charge in [-0.25, -0.2) is 4.99 Å². The molecule has 0 bridgehead atoms. The second kappa shape index (κ2) is 1.50. The van der Waals surface area contributed by atoms with Crippen molar-refractivity contribution in [2.45, 2.75) is 18.8 Å².